The SMILES string of the molecule is CCCCC(NC(=O)C(CCCC)NC(=O)C(CCCC)NC(=O)C(NC(=O)C(NC(=O)C(NC(C)=O)C(C)C)C(C)C)C(C)C)C(=O)NC(CCC)C(=O)NC(CCCC)C(=O)NC(C(=O)C(C(=O)NCC)C(C)C)C(C)C. The molecular weight excluding hydrogens is 1010 g/mol. The van der Waals surface area contributed by atoms with Gasteiger partial charge < -0.3 is 53.2 Å². The zero-order valence-electron chi connectivity index (χ0n) is 51.3. The van der Waals surface area contributed by atoms with Crippen LogP contribution in [0, 0.1) is 35.5 Å². The van der Waals surface area contributed by atoms with Crippen molar-refractivity contribution >= 4 is 64.9 Å². The second kappa shape index (κ2) is 38.9. The molecule has 0 heterocycles. The average Bonchev–Trinajstić information content (AvgIpc) is 3.36. The number of nitrogens with one attached hydrogen (secondary N) is 10. The Morgan fingerprint density at radius 3 is 0.823 bits per heavy atom. The van der Waals surface area contributed by atoms with Gasteiger partial charge in [-0.05, 0) is 68.6 Å². The van der Waals surface area contributed by atoms with Crippen LogP contribution in [0.2, 0.25) is 0 Å². The van der Waals surface area contributed by atoms with Gasteiger partial charge in [0.1, 0.15) is 54.3 Å². The van der Waals surface area contributed by atoms with Crippen molar-refractivity contribution in [3.05, 3.63) is 0 Å². The molecule has 0 rings (SSSR count). The predicted molar refractivity (Wildman–Crippen MR) is 307 cm³/mol. The van der Waals surface area contributed by atoms with E-state index in [2.05, 4.69) is 53.2 Å². The van der Waals surface area contributed by atoms with Crippen LogP contribution < -0.4 is 53.2 Å². The molecule has 10 N–H and O–H groups in total. The molecular formula is C58H106N10O11. The summed E-state index contributed by atoms with van der Waals surface area (Å²) >= 11 is 0. The molecule has 0 saturated heterocycles. The predicted octanol–water partition coefficient (Wildman–Crippen LogP) is 4.53. The topological polar surface area (TPSA) is 308 Å². The maximum absolute atomic E-state index is 14.3. The van der Waals surface area contributed by atoms with E-state index in [9.17, 15) is 52.7 Å². The third-order valence-electron chi connectivity index (χ3n) is 13.8. The van der Waals surface area contributed by atoms with Gasteiger partial charge in [-0.25, -0.2) is 0 Å². The lowest BCUT2D eigenvalue weighted by Gasteiger charge is -2.30. The van der Waals surface area contributed by atoms with Gasteiger partial charge in [-0.15, -0.1) is 0 Å². The maximum atomic E-state index is 14.3. The number of hydrogen-bond acceptors (Lipinski definition) is 11. The number of hydrogen-bond donors (Lipinski definition) is 10. The minimum absolute atomic E-state index is 0.193. The summed E-state index contributed by atoms with van der Waals surface area (Å²) in [7, 11) is 0. The second-order valence-corrected chi connectivity index (χ2v) is 22.8. The number of ketones is 1. The minimum atomic E-state index is -1.13. The molecule has 21 nitrogen and oxygen atoms in total. The van der Waals surface area contributed by atoms with Crippen LogP contribution in [0.5, 0.6) is 0 Å². The normalized spacial score (nSPS) is 15.3. The summed E-state index contributed by atoms with van der Waals surface area (Å²) in [6, 6.07) is -9.67. The molecule has 454 valence electrons. The van der Waals surface area contributed by atoms with Gasteiger partial charge in [-0.2, -0.15) is 0 Å². The third kappa shape index (κ3) is 26.5. The van der Waals surface area contributed by atoms with Gasteiger partial charge in [0.2, 0.25) is 59.1 Å². The van der Waals surface area contributed by atoms with Crippen molar-refractivity contribution in [2.75, 3.05) is 6.54 Å². The lowest BCUT2D eigenvalue weighted by Crippen LogP contribution is -2.61. The molecule has 10 amide bonds. The summed E-state index contributed by atoms with van der Waals surface area (Å²) in [6.45, 7) is 30.5. The van der Waals surface area contributed by atoms with E-state index in [0.717, 1.165) is 0 Å². The smallest absolute Gasteiger partial charge is 0.243 e. The summed E-state index contributed by atoms with van der Waals surface area (Å²) < 4.78 is 0. The lowest BCUT2D eigenvalue weighted by atomic mass is 9.83. The second-order valence-electron chi connectivity index (χ2n) is 22.8. The monoisotopic (exact) mass is 1120 g/mol. The molecule has 0 aromatic rings. The Hall–Kier alpha value is -5.63. The number of carbonyl (C=O) groups excluding carboxylic acids is 11. The van der Waals surface area contributed by atoms with Crippen LogP contribution in [0.15, 0.2) is 0 Å². The van der Waals surface area contributed by atoms with Crippen LogP contribution in [-0.2, 0) is 52.7 Å². The van der Waals surface area contributed by atoms with Gasteiger partial charge in [0.25, 0.3) is 0 Å². The highest BCUT2D eigenvalue weighted by Crippen LogP contribution is 2.19. The van der Waals surface area contributed by atoms with Crippen molar-refractivity contribution in [2.45, 2.75) is 262 Å². The number of rotatable bonds is 40. The van der Waals surface area contributed by atoms with Crippen LogP contribution in [0.1, 0.15) is 208 Å². The largest absolute Gasteiger partial charge is 0.356 e. The van der Waals surface area contributed by atoms with Crippen molar-refractivity contribution in [1.82, 2.24) is 53.2 Å². The number of Topliss-reactive ketones (excluding diaryl/α,β-unsaturated/α-hetero) is 1. The Morgan fingerprint density at radius 1 is 0.291 bits per heavy atom. The van der Waals surface area contributed by atoms with Crippen molar-refractivity contribution in [3.63, 3.8) is 0 Å². The standard InChI is InChI=1S/C58H106N10O11/c1-18-24-29-40(51(72)61-39(28-22-5)50(71)64-43(32-27-21-4)54(75)66-45(34(9)10)49(70)44(33(7)8)55(76)59-23-6)62-52(73)41(30-25-19-2)63-53(74)42(31-26-20-3)65-56(77)47(36(13)14)67-58(79)48(37(15)16)68-57(78)46(35(11)12)60-38(17)69/h33-37,39-48H,18-32H2,1-17H3,(H,59,76)(H,60,69)(H,61,72)(H,62,73)(H,63,74)(H,64,71)(H,65,77)(H,66,75)(H,67,79)(H,68,78). The van der Waals surface area contributed by atoms with E-state index in [1.54, 1.807) is 76.2 Å². The van der Waals surface area contributed by atoms with Gasteiger partial charge in [0.15, 0.2) is 5.78 Å². The van der Waals surface area contributed by atoms with E-state index in [1.165, 1.54) is 6.92 Å². The van der Waals surface area contributed by atoms with E-state index in [-0.39, 0.29) is 49.9 Å². The van der Waals surface area contributed by atoms with Crippen molar-refractivity contribution in [1.29, 1.82) is 0 Å². The molecule has 10 atom stereocenters. The summed E-state index contributed by atoms with van der Waals surface area (Å²) in [6.07, 6.45) is 6.37. The zero-order valence-corrected chi connectivity index (χ0v) is 51.3. The van der Waals surface area contributed by atoms with Gasteiger partial charge in [-0.3, -0.25) is 52.7 Å². The van der Waals surface area contributed by atoms with Crippen LogP contribution in [0.4, 0.5) is 0 Å². The van der Waals surface area contributed by atoms with Crippen molar-refractivity contribution < 1.29 is 52.7 Å². The van der Waals surface area contributed by atoms with Crippen molar-refractivity contribution in [3.8, 4) is 0 Å². The van der Waals surface area contributed by atoms with Gasteiger partial charge in [-0.1, -0.05) is 162 Å². The summed E-state index contributed by atoms with van der Waals surface area (Å²) in [5.41, 5.74) is 0. The number of amides is 10. The van der Waals surface area contributed by atoms with Gasteiger partial charge >= 0.3 is 0 Å². The molecule has 0 aliphatic carbocycles. The lowest BCUT2D eigenvalue weighted by molar-refractivity contribution is -0.140. The van der Waals surface area contributed by atoms with Crippen LogP contribution in [0.3, 0.4) is 0 Å². The van der Waals surface area contributed by atoms with Crippen molar-refractivity contribution in [2.24, 2.45) is 35.5 Å². The highest BCUT2D eigenvalue weighted by molar-refractivity contribution is 6.06. The fourth-order valence-corrected chi connectivity index (χ4v) is 8.98. The average molecular weight is 1120 g/mol. The molecule has 79 heavy (non-hydrogen) atoms. The molecule has 0 aromatic heterocycles. The van der Waals surface area contributed by atoms with Gasteiger partial charge in [0, 0.05) is 13.5 Å². The molecule has 0 spiro atoms. The molecule has 21 heteroatoms. The molecule has 0 aromatic carbocycles. The first-order valence-electron chi connectivity index (χ1n) is 29.6. The zero-order chi connectivity index (χ0) is 60.7. The van der Waals surface area contributed by atoms with Crippen LogP contribution in [0.25, 0.3) is 0 Å². The van der Waals surface area contributed by atoms with Crippen LogP contribution >= 0.6 is 0 Å². The van der Waals surface area contributed by atoms with Crippen LogP contribution in [-0.4, -0.2) is 126 Å². The van der Waals surface area contributed by atoms with E-state index in [0.29, 0.717) is 64.3 Å². The summed E-state index contributed by atoms with van der Waals surface area (Å²) in [5, 5.41) is 27.8. The fraction of sp³-hybridized carbons (Fsp3) is 0.810. The molecule has 0 bridgehead atoms. The first kappa shape index (κ1) is 73.4. The molecule has 0 aliphatic rings. The Balaban J connectivity index is 6.66. The first-order valence-corrected chi connectivity index (χ1v) is 29.6. The first-order chi connectivity index (χ1) is 37.1. The van der Waals surface area contributed by atoms with E-state index in [4.69, 9.17) is 0 Å². The fourth-order valence-electron chi connectivity index (χ4n) is 8.98. The number of unbranched alkanes of at least 4 members (excludes halogenated alkanes) is 4. The highest BCUT2D eigenvalue weighted by Gasteiger charge is 2.39. The van der Waals surface area contributed by atoms with E-state index < -0.39 is 137 Å². The molecule has 0 radical (unpaired) electrons. The number of carbonyl (C=O) groups is 11. The van der Waals surface area contributed by atoms with E-state index in [1.807, 2.05) is 34.6 Å². The molecule has 0 fully saturated rings. The Bertz CT molecular complexity index is 1960. The summed E-state index contributed by atoms with van der Waals surface area (Å²) in [4.78, 5) is 151. The quantitative estimate of drug-likeness (QED) is 0.0380. The van der Waals surface area contributed by atoms with Gasteiger partial charge in [0.05, 0.1) is 6.04 Å². The maximum Gasteiger partial charge on any atom is 0.243 e. The van der Waals surface area contributed by atoms with E-state index >= 15 is 0 Å². The molecule has 0 saturated carbocycles. The Labute approximate surface area is 473 Å². The molecule has 10 unspecified atom stereocenters. The summed E-state index contributed by atoms with van der Waals surface area (Å²) in [5.74, 6) is -9.11. The Morgan fingerprint density at radius 2 is 0.557 bits per heavy atom. The molecule has 0 aliphatic heterocycles. The minimum Gasteiger partial charge on any atom is -0.356 e. The highest BCUT2D eigenvalue weighted by atomic mass is 16.2. The Kier molecular flexibility index (Phi) is 36.1. The third-order valence-corrected chi connectivity index (χ3v) is 13.8.